The van der Waals surface area contributed by atoms with Crippen LogP contribution in [0.1, 0.15) is 11.1 Å². The lowest BCUT2D eigenvalue weighted by Gasteiger charge is -2.10. The molecule has 4 aromatic rings. The highest BCUT2D eigenvalue weighted by molar-refractivity contribution is 7.99. The number of pyridine rings is 1. The summed E-state index contributed by atoms with van der Waals surface area (Å²) >= 11 is 1.81. The lowest BCUT2D eigenvalue weighted by molar-refractivity contribution is -0.137. The molecule has 1 N–H and O–H groups in total. The molecule has 0 fully saturated rings. The molecule has 4 rings (SSSR count). The van der Waals surface area contributed by atoms with Gasteiger partial charge in [-0.1, -0.05) is 48.5 Å². The number of thioether (sulfide) groups is 1. The maximum atomic E-state index is 12.9. The van der Waals surface area contributed by atoms with Crippen molar-refractivity contribution in [3.05, 3.63) is 96.3 Å². The molecule has 0 atom stereocenters. The molecule has 0 aliphatic heterocycles. The van der Waals surface area contributed by atoms with E-state index in [1.807, 2.05) is 48.8 Å². The van der Waals surface area contributed by atoms with E-state index in [1.165, 1.54) is 22.4 Å². The quantitative estimate of drug-likeness (QED) is 0.254. The summed E-state index contributed by atoms with van der Waals surface area (Å²) in [5, 5.41) is 5.78. The molecule has 0 saturated heterocycles. The van der Waals surface area contributed by atoms with Gasteiger partial charge in [0, 0.05) is 41.5 Å². The maximum Gasteiger partial charge on any atom is 0.416 e. The van der Waals surface area contributed by atoms with Crippen molar-refractivity contribution >= 4 is 22.5 Å². The monoisotopic (exact) mass is 438 g/mol. The fourth-order valence-corrected chi connectivity index (χ4v) is 4.36. The lowest BCUT2D eigenvalue weighted by Crippen LogP contribution is -2.16. The Balaban J connectivity index is 1.29. The molecule has 0 saturated carbocycles. The topological polar surface area (TPSA) is 24.9 Å². The third-order valence-electron chi connectivity index (χ3n) is 4.98. The molecule has 0 amide bonds. The largest absolute Gasteiger partial charge is 0.416 e. The van der Waals surface area contributed by atoms with Gasteiger partial charge in [0.2, 0.25) is 0 Å². The zero-order chi connectivity index (χ0) is 21.7. The molecule has 0 spiro atoms. The van der Waals surface area contributed by atoms with Crippen molar-refractivity contribution in [2.45, 2.75) is 17.6 Å². The van der Waals surface area contributed by atoms with Crippen LogP contribution in [0.15, 0.2) is 90.1 Å². The number of hydrogen-bond acceptors (Lipinski definition) is 3. The van der Waals surface area contributed by atoms with E-state index in [-0.39, 0.29) is 0 Å². The van der Waals surface area contributed by atoms with Gasteiger partial charge in [-0.25, -0.2) is 0 Å². The predicted octanol–water partition coefficient (Wildman–Crippen LogP) is 6.80. The molecule has 6 heteroatoms. The van der Waals surface area contributed by atoms with Crippen LogP contribution in [0.3, 0.4) is 0 Å². The van der Waals surface area contributed by atoms with E-state index >= 15 is 0 Å². The molecular formula is C25H21F3N2S. The molecule has 0 aliphatic rings. The Bertz CT molecular complexity index is 1150. The molecule has 2 nitrogen and oxygen atoms in total. The van der Waals surface area contributed by atoms with Crippen LogP contribution >= 0.6 is 11.8 Å². The second-order valence-electron chi connectivity index (χ2n) is 7.15. The van der Waals surface area contributed by atoms with Crippen LogP contribution in [0.5, 0.6) is 0 Å². The highest BCUT2D eigenvalue weighted by Gasteiger charge is 2.30. The van der Waals surface area contributed by atoms with Gasteiger partial charge in [-0.15, -0.1) is 11.8 Å². The Kier molecular flexibility index (Phi) is 6.59. The number of alkyl halides is 3. The van der Waals surface area contributed by atoms with Crippen molar-refractivity contribution in [3.8, 4) is 11.1 Å². The number of aromatic nitrogens is 1. The van der Waals surface area contributed by atoms with Crippen LogP contribution in [0.2, 0.25) is 0 Å². The predicted molar refractivity (Wildman–Crippen MR) is 121 cm³/mol. The second-order valence-corrected chi connectivity index (χ2v) is 8.29. The minimum Gasteiger partial charge on any atom is -0.312 e. The third kappa shape index (κ3) is 5.46. The van der Waals surface area contributed by atoms with Crippen LogP contribution in [0.25, 0.3) is 21.9 Å². The smallest absolute Gasteiger partial charge is 0.312 e. The molecule has 0 unspecified atom stereocenters. The van der Waals surface area contributed by atoms with Crippen LogP contribution in [-0.2, 0) is 12.7 Å². The van der Waals surface area contributed by atoms with Crippen molar-refractivity contribution < 1.29 is 13.2 Å². The Morgan fingerprint density at radius 1 is 0.871 bits per heavy atom. The van der Waals surface area contributed by atoms with Gasteiger partial charge in [-0.3, -0.25) is 4.98 Å². The first-order valence-electron chi connectivity index (χ1n) is 9.93. The molecule has 0 aliphatic carbocycles. The third-order valence-corrected chi connectivity index (χ3v) is 6.06. The number of halogens is 3. The summed E-state index contributed by atoms with van der Waals surface area (Å²) in [5.74, 6) is 0.934. The van der Waals surface area contributed by atoms with Crippen LogP contribution in [0.4, 0.5) is 13.2 Å². The fraction of sp³-hybridized carbons (Fsp3) is 0.160. The Hall–Kier alpha value is -2.83. The molecule has 0 radical (unpaired) electrons. The van der Waals surface area contributed by atoms with Gasteiger partial charge in [0.1, 0.15) is 0 Å². The maximum absolute atomic E-state index is 12.9. The molecule has 158 valence electrons. The SMILES string of the molecule is FC(F)(F)c1cccc(-c2ccc(CNCCSc3cccc4cnccc34)cc2)c1. The molecular weight excluding hydrogens is 417 g/mol. The molecule has 0 bridgehead atoms. The van der Waals surface area contributed by atoms with Crippen LogP contribution < -0.4 is 5.32 Å². The van der Waals surface area contributed by atoms with E-state index < -0.39 is 11.7 Å². The number of nitrogens with zero attached hydrogens (tertiary/aromatic N) is 1. The van der Waals surface area contributed by atoms with E-state index in [4.69, 9.17) is 0 Å². The number of nitrogens with one attached hydrogen (secondary N) is 1. The van der Waals surface area contributed by atoms with E-state index in [9.17, 15) is 13.2 Å². The van der Waals surface area contributed by atoms with Crippen molar-refractivity contribution in [3.63, 3.8) is 0 Å². The standard InChI is InChI=1S/C25H21F3N2S/c26-25(27,28)22-5-1-3-20(15-22)19-9-7-18(8-10-19)16-30-13-14-31-24-6-2-4-21-17-29-12-11-23(21)24/h1-12,15,17,30H,13-14,16H2. The van der Waals surface area contributed by atoms with Crippen LogP contribution in [0, 0.1) is 0 Å². The van der Waals surface area contributed by atoms with E-state index in [1.54, 1.807) is 17.8 Å². The molecule has 31 heavy (non-hydrogen) atoms. The first kappa shape index (κ1) is 21.4. The van der Waals surface area contributed by atoms with Gasteiger partial charge in [0.15, 0.2) is 0 Å². The van der Waals surface area contributed by atoms with Crippen molar-refractivity contribution in [1.29, 1.82) is 0 Å². The van der Waals surface area contributed by atoms with Gasteiger partial charge in [-0.05, 0) is 46.3 Å². The van der Waals surface area contributed by atoms with E-state index in [0.29, 0.717) is 12.1 Å². The number of rotatable bonds is 7. The zero-order valence-electron chi connectivity index (χ0n) is 16.7. The molecule has 1 aromatic heterocycles. The fourth-order valence-electron chi connectivity index (χ4n) is 3.37. The Morgan fingerprint density at radius 2 is 1.68 bits per heavy atom. The average Bonchev–Trinajstić information content (AvgIpc) is 2.79. The number of hydrogen-bond donors (Lipinski definition) is 1. The average molecular weight is 439 g/mol. The minimum absolute atomic E-state index is 0.566. The van der Waals surface area contributed by atoms with Gasteiger partial charge >= 0.3 is 6.18 Å². The summed E-state index contributed by atoms with van der Waals surface area (Å²) in [5.41, 5.74) is 1.81. The van der Waals surface area contributed by atoms with Gasteiger partial charge in [0.05, 0.1) is 5.56 Å². The minimum atomic E-state index is -4.33. The summed E-state index contributed by atoms with van der Waals surface area (Å²) in [4.78, 5) is 5.41. The summed E-state index contributed by atoms with van der Waals surface area (Å²) in [6, 6.07) is 21.3. The van der Waals surface area contributed by atoms with E-state index in [0.717, 1.165) is 34.9 Å². The van der Waals surface area contributed by atoms with Crippen molar-refractivity contribution in [1.82, 2.24) is 10.3 Å². The summed E-state index contributed by atoms with van der Waals surface area (Å²) < 4.78 is 38.8. The van der Waals surface area contributed by atoms with E-state index in [2.05, 4.69) is 22.4 Å². The number of fused-ring (bicyclic) bond motifs is 1. The highest BCUT2D eigenvalue weighted by atomic mass is 32.2. The van der Waals surface area contributed by atoms with Crippen molar-refractivity contribution in [2.24, 2.45) is 0 Å². The summed E-state index contributed by atoms with van der Waals surface area (Å²) in [7, 11) is 0. The molecule has 3 aromatic carbocycles. The zero-order valence-corrected chi connectivity index (χ0v) is 17.5. The first-order chi connectivity index (χ1) is 15.0. The first-order valence-corrected chi connectivity index (χ1v) is 10.9. The van der Waals surface area contributed by atoms with Gasteiger partial charge in [-0.2, -0.15) is 13.2 Å². The van der Waals surface area contributed by atoms with Crippen LogP contribution in [-0.4, -0.2) is 17.3 Å². The molecule has 1 heterocycles. The van der Waals surface area contributed by atoms with Gasteiger partial charge < -0.3 is 5.32 Å². The summed E-state index contributed by atoms with van der Waals surface area (Å²) in [6.45, 7) is 1.56. The second kappa shape index (κ2) is 9.54. The highest BCUT2D eigenvalue weighted by Crippen LogP contribution is 2.32. The lowest BCUT2D eigenvalue weighted by atomic mass is 10.0. The van der Waals surface area contributed by atoms with Crippen molar-refractivity contribution in [2.75, 3.05) is 12.3 Å². The Morgan fingerprint density at radius 3 is 2.48 bits per heavy atom. The Labute approximate surface area is 183 Å². The summed E-state index contributed by atoms with van der Waals surface area (Å²) in [6.07, 6.45) is -0.644. The van der Waals surface area contributed by atoms with Gasteiger partial charge in [0.25, 0.3) is 0 Å². The number of benzene rings is 3. The normalized spacial score (nSPS) is 11.7.